The SMILES string of the molecule is CCN(C(=O)CSc1nc2ccsc2c(=O)n1-c1ccccc1OC)c1cccc(C)c1. The first kappa shape index (κ1) is 22.1. The van der Waals surface area contributed by atoms with Gasteiger partial charge in [0, 0.05) is 12.2 Å². The Labute approximate surface area is 194 Å². The zero-order valence-electron chi connectivity index (χ0n) is 18.1. The number of nitrogens with zero attached hydrogens (tertiary/aromatic N) is 3. The molecule has 0 aliphatic heterocycles. The average molecular weight is 466 g/mol. The Morgan fingerprint density at radius 1 is 1.19 bits per heavy atom. The molecule has 0 saturated carbocycles. The first-order valence-corrected chi connectivity index (χ1v) is 12.0. The number of carbonyl (C=O) groups excluding carboxylic acids is 1. The molecule has 164 valence electrons. The number of ether oxygens (including phenoxy) is 1. The highest BCUT2D eigenvalue weighted by Gasteiger charge is 2.20. The molecular formula is C24H23N3O3S2. The fourth-order valence-corrected chi connectivity index (χ4v) is 5.16. The number of carbonyl (C=O) groups is 1. The van der Waals surface area contributed by atoms with E-state index < -0.39 is 0 Å². The average Bonchev–Trinajstić information content (AvgIpc) is 3.27. The molecule has 4 aromatic rings. The lowest BCUT2D eigenvalue weighted by molar-refractivity contribution is -0.116. The van der Waals surface area contributed by atoms with Crippen molar-refractivity contribution in [1.29, 1.82) is 0 Å². The fraction of sp³-hybridized carbons (Fsp3) is 0.208. The second-order valence-electron chi connectivity index (χ2n) is 7.11. The van der Waals surface area contributed by atoms with E-state index in [4.69, 9.17) is 9.72 Å². The van der Waals surface area contributed by atoms with Crippen molar-refractivity contribution in [3.8, 4) is 11.4 Å². The Hall–Kier alpha value is -3.10. The molecule has 4 rings (SSSR count). The topological polar surface area (TPSA) is 64.4 Å². The highest BCUT2D eigenvalue weighted by atomic mass is 32.2. The Morgan fingerprint density at radius 2 is 2.00 bits per heavy atom. The maximum absolute atomic E-state index is 13.3. The van der Waals surface area contributed by atoms with E-state index in [0.717, 1.165) is 11.3 Å². The number of thiophene rings is 1. The second kappa shape index (κ2) is 9.58. The monoisotopic (exact) mass is 465 g/mol. The van der Waals surface area contributed by atoms with Crippen LogP contribution in [0.4, 0.5) is 5.69 Å². The molecule has 0 atom stereocenters. The molecule has 6 nitrogen and oxygen atoms in total. The first-order valence-electron chi connectivity index (χ1n) is 10.2. The largest absolute Gasteiger partial charge is 0.495 e. The number of fused-ring (bicyclic) bond motifs is 1. The predicted molar refractivity (Wildman–Crippen MR) is 132 cm³/mol. The van der Waals surface area contributed by atoms with Crippen molar-refractivity contribution in [2.45, 2.75) is 19.0 Å². The zero-order valence-corrected chi connectivity index (χ0v) is 19.7. The summed E-state index contributed by atoms with van der Waals surface area (Å²) in [5.74, 6) is 0.670. The van der Waals surface area contributed by atoms with Crippen LogP contribution in [0.2, 0.25) is 0 Å². The van der Waals surface area contributed by atoms with Gasteiger partial charge in [0.15, 0.2) is 5.16 Å². The Kier molecular flexibility index (Phi) is 6.62. The maximum atomic E-state index is 13.3. The predicted octanol–water partition coefficient (Wildman–Crippen LogP) is 4.91. The molecule has 0 aliphatic rings. The molecule has 32 heavy (non-hydrogen) atoms. The standard InChI is InChI=1S/C24H23N3O3S2/c1-4-26(17-9-7-8-16(2)14-17)21(28)15-32-24-25-18-12-13-31-22(18)23(29)27(24)19-10-5-6-11-20(19)30-3/h5-14H,4,15H2,1-3H3. The van der Waals surface area contributed by atoms with Crippen LogP contribution in [0.15, 0.2) is 69.9 Å². The number of para-hydroxylation sites is 2. The summed E-state index contributed by atoms with van der Waals surface area (Å²) >= 11 is 2.61. The molecule has 0 aliphatic carbocycles. The van der Waals surface area contributed by atoms with E-state index in [1.807, 2.05) is 67.8 Å². The van der Waals surface area contributed by atoms with E-state index >= 15 is 0 Å². The molecule has 0 saturated heterocycles. The van der Waals surface area contributed by atoms with E-state index in [2.05, 4.69) is 0 Å². The number of hydrogen-bond donors (Lipinski definition) is 0. The summed E-state index contributed by atoms with van der Waals surface area (Å²) < 4.78 is 7.60. The van der Waals surface area contributed by atoms with Gasteiger partial charge in [-0.05, 0) is 55.1 Å². The number of anilines is 1. The number of hydrogen-bond acceptors (Lipinski definition) is 6. The van der Waals surface area contributed by atoms with Crippen LogP contribution < -0.4 is 15.2 Å². The van der Waals surface area contributed by atoms with Crippen molar-refractivity contribution in [2.75, 3.05) is 24.3 Å². The molecule has 2 aromatic heterocycles. The van der Waals surface area contributed by atoms with Gasteiger partial charge in [-0.25, -0.2) is 4.98 Å². The number of methoxy groups -OCH3 is 1. The van der Waals surface area contributed by atoms with Crippen molar-refractivity contribution in [2.24, 2.45) is 0 Å². The number of amides is 1. The molecule has 2 aromatic carbocycles. The molecule has 0 fully saturated rings. The van der Waals surface area contributed by atoms with Gasteiger partial charge in [0.2, 0.25) is 5.91 Å². The summed E-state index contributed by atoms with van der Waals surface area (Å²) in [5.41, 5.74) is 3.02. The third-order valence-electron chi connectivity index (χ3n) is 5.03. The highest BCUT2D eigenvalue weighted by molar-refractivity contribution is 7.99. The van der Waals surface area contributed by atoms with Crippen LogP contribution >= 0.6 is 23.1 Å². The summed E-state index contributed by atoms with van der Waals surface area (Å²) in [6, 6.07) is 17.0. The van der Waals surface area contributed by atoms with Gasteiger partial charge in [-0.1, -0.05) is 36.0 Å². The number of thioether (sulfide) groups is 1. The van der Waals surface area contributed by atoms with Crippen molar-refractivity contribution in [1.82, 2.24) is 9.55 Å². The Balaban J connectivity index is 1.71. The van der Waals surface area contributed by atoms with E-state index in [0.29, 0.717) is 33.4 Å². The van der Waals surface area contributed by atoms with Crippen LogP contribution in [0.5, 0.6) is 5.75 Å². The highest BCUT2D eigenvalue weighted by Crippen LogP contribution is 2.28. The smallest absolute Gasteiger partial charge is 0.276 e. The lowest BCUT2D eigenvalue weighted by atomic mass is 10.2. The normalized spacial score (nSPS) is 11.0. The molecule has 0 unspecified atom stereocenters. The number of aromatic nitrogens is 2. The van der Waals surface area contributed by atoms with Crippen LogP contribution in [-0.4, -0.2) is 34.9 Å². The molecular weight excluding hydrogens is 442 g/mol. The van der Waals surface area contributed by atoms with Gasteiger partial charge < -0.3 is 9.64 Å². The number of benzene rings is 2. The van der Waals surface area contributed by atoms with E-state index in [-0.39, 0.29) is 17.2 Å². The van der Waals surface area contributed by atoms with Gasteiger partial charge in [0.05, 0.1) is 24.1 Å². The molecule has 0 radical (unpaired) electrons. The van der Waals surface area contributed by atoms with Crippen molar-refractivity contribution < 1.29 is 9.53 Å². The van der Waals surface area contributed by atoms with E-state index in [1.165, 1.54) is 23.1 Å². The van der Waals surface area contributed by atoms with Crippen LogP contribution in [0.1, 0.15) is 12.5 Å². The molecule has 1 amide bonds. The van der Waals surface area contributed by atoms with Gasteiger partial charge in [0.25, 0.3) is 5.56 Å². The quantitative estimate of drug-likeness (QED) is 0.287. The third-order valence-corrected chi connectivity index (χ3v) is 6.85. The second-order valence-corrected chi connectivity index (χ2v) is 8.97. The van der Waals surface area contributed by atoms with Gasteiger partial charge in [0.1, 0.15) is 10.4 Å². The van der Waals surface area contributed by atoms with Crippen LogP contribution in [0.3, 0.4) is 0 Å². The Bertz CT molecular complexity index is 1330. The van der Waals surface area contributed by atoms with Crippen molar-refractivity contribution >= 4 is 44.9 Å². The summed E-state index contributed by atoms with van der Waals surface area (Å²) in [4.78, 5) is 32.9. The van der Waals surface area contributed by atoms with E-state index in [1.54, 1.807) is 22.6 Å². The Morgan fingerprint density at radius 3 is 2.75 bits per heavy atom. The summed E-state index contributed by atoms with van der Waals surface area (Å²) in [6.45, 7) is 4.51. The minimum atomic E-state index is -0.171. The van der Waals surface area contributed by atoms with Gasteiger partial charge >= 0.3 is 0 Å². The summed E-state index contributed by atoms with van der Waals surface area (Å²) in [6.07, 6.45) is 0. The summed E-state index contributed by atoms with van der Waals surface area (Å²) in [5, 5.41) is 2.31. The van der Waals surface area contributed by atoms with Crippen LogP contribution in [0.25, 0.3) is 15.9 Å². The van der Waals surface area contributed by atoms with E-state index in [9.17, 15) is 9.59 Å². The van der Waals surface area contributed by atoms with Crippen molar-refractivity contribution in [3.05, 3.63) is 75.9 Å². The maximum Gasteiger partial charge on any atom is 0.276 e. The van der Waals surface area contributed by atoms with Gasteiger partial charge in [-0.15, -0.1) is 11.3 Å². The number of aryl methyl sites for hydroxylation is 1. The lowest BCUT2D eigenvalue weighted by Gasteiger charge is -2.21. The minimum Gasteiger partial charge on any atom is -0.495 e. The lowest BCUT2D eigenvalue weighted by Crippen LogP contribution is -2.32. The molecule has 8 heteroatoms. The zero-order chi connectivity index (χ0) is 22.7. The van der Waals surface area contributed by atoms with Crippen LogP contribution in [-0.2, 0) is 4.79 Å². The van der Waals surface area contributed by atoms with Gasteiger partial charge in [-0.3, -0.25) is 14.2 Å². The van der Waals surface area contributed by atoms with Crippen LogP contribution in [0, 0.1) is 6.92 Å². The summed E-state index contributed by atoms with van der Waals surface area (Å²) in [7, 11) is 1.57. The number of rotatable bonds is 7. The van der Waals surface area contributed by atoms with Gasteiger partial charge in [-0.2, -0.15) is 0 Å². The van der Waals surface area contributed by atoms with Crippen molar-refractivity contribution in [3.63, 3.8) is 0 Å². The molecule has 0 bridgehead atoms. The first-order chi connectivity index (χ1) is 15.5. The third kappa shape index (κ3) is 4.28. The fourth-order valence-electron chi connectivity index (χ4n) is 3.52. The molecule has 0 spiro atoms. The molecule has 2 heterocycles. The molecule has 0 N–H and O–H groups in total. The minimum absolute atomic E-state index is 0.0469.